The van der Waals surface area contributed by atoms with E-state index in [2.05, 4.69) is 3.58 Å². The Hall–Kier alpha value is 2.34. The molecular weight excluding hydrogens is 208 g/mol. The smallest absolute Gasteiger partial charge is 0 e. The van der Waals surface area contributed by atoms with E-state index in [1.54, 1.807) is 0 Å². The minimum atomic E-state index is -3.20. The fraction of sp³-hybridized carbons (Fsp3) is 0. The molecule has 0 atom stereocenters. The van der Waals surface area contributed by atoms with Gasteiger partial charge in [-0.2, -0.15) is 0 Å². The van der Waals surface area contributed by atoms with Crippen molar-refractivity contribution in [2.45, 2.75) is 0 Å². The quantitative estimate of drug-likeness (QED) is 0.476. The van der Waals surface area contributed by atoms with Gasteiger partial charge in [-0.1, -0.05) is 0 Å². The van der Waals surface area contributed by atoms with Gasteiger partial charge in [0.05, 0.1) is 0 Å². The molecule has 0 radical (unpaired) electrons. The van der Waals surface area contributed by atoms with Crippen molar-refractivity contribution in [2.75, 3.05) is 0 Å². The summed E-state index contributed by atoms with van der Waals surface area (Å²) in [6.07, 6.45) is 0. The molecule has 0 saturated carbocycles. The summed E-state index contributed by atoms with van der Waals surface area (Å²) >= 11 is -3.20. The summed E-state index contributed by atoms with van der Waals surface area (Å²) in [5, 5.41) is 0. The van der Waals surface area contributed by atoms with Gasteiger partial charge in [0.1, 0.15) is 0 Å². The van der Waals surface area contributed by atoms with Crippen LogP contribution in [0.2, 0.25) is 0 Å². The van der Waals surface area contributed by atoms with Gasteiger partial charge < -0.3 is 0 Å². The van der Waals surface area contributed by atoms with E-state index in [1.165, 1.54) is 0 Å². The van der Waals surface area contributed by atoms with E-state index >= 15 is 0 Å². The molecule has 40 valence electrons. The molecule has 0 heterocycles. The third kappa shape index (κ3) is 17.8. The molecule has 0 fully saturated rings. The molecule has 0 spiro atoms. The van der Waals surface area contributed by atoms with Gasteiger partial charge in [-0.05, 0) is 0 Å². The predicted molar refractivity (Wildman–Crippen MR) is 18.2 cm³/mol. The van der Waals surface area contributed by atoms with Gasteiger partial charge >= 0.3 is 85.8 Å². The normalized spacial score (nSPS) is 5.14. The molecule has 0 aromatic carbocycles. The molecule has 0 rings (SSSR count). The van der Waals surface area contributed by atoms with Crippen LogP contribution in [-0.4, -0.2) is 59.4 Å². The van der Waals surface area contributed by atoms with Crippen molar-refractivity contribution in [3.63, 3.8) is 0 Å². The predicted octanol–water partition coefficient (Wildman–Crippen LogP) is -1.88. The second-order valence-electron chi connectivity index (χ2n) is 0.406. The van der Waals surface area contributed by atoms with E-state index in [1.807, 2.05) is 0 Å². The SMILES string of the molecule is B[O][V](=[O])=[O].[KH].[Ni]. The molecule has 0 aliphatic rings. The Morgan fingerprint density at radius 2 is 1.57 bits per heavy atom. The first-order chi connectivity index (χ1) is 2.27. The van der Waals surface area contributed by atoms with Crippen LogP contribution in [-0.2, 0) is 42.8 Å². The van der Waals surface area contributed by atoms with Gasteiger partial charge in [-0.15, -0.1) is 0 Å². The summed E-state index contributed by atoms with van der Waals surface area (Å²) in [7, 11) is 1.14. The average molecular weight is 211 g/mol. The van der Waals surface area contributed by atoms with E-state index in [9.17, 15) is 7.35 Å². The van der Waals surface area contributed by atoms with Crippen molar-refractivity contribution in [1.82, 2.24) is 0 Å². The van der Waals surface area contributed by atoms with E-state index in [0.717, 1.165) is 8.05 Å². The zero-order valence-corrected chi connectivity index (χ0v) is 5.37. The van der Waals surface area contributed by atoms with Gasteiger partial charge in [-0.3, -0.25) is 0 Å². The molecule has 0 aromatic heterocycles. The van der Waals surface area contributed by atoms with Crippen molar-refractivity contribution in [2.24, 2.45) is 0 Å². The standard InChI is InChI=1S/BH2O.K.Ni.2O.V.H/c1-2;;;;;;/h1H2;;;;;;/q-1;;;;;+1;. The van der Waals surface area contributed by atoms with Crippen molar-refractivity contribution < 1.29 is 42.8 Å². The molecule has 0 bridgehead atoms. The minimum absolute atomic E-state index is 0. The number of hydrogen-bond acceptors (Lipinski definition) is 3. The molecule has 0 amide bonds. The van der Waals surface area contributed by atoms with Crippen LogP contribution >= 0.6 is 0 Å². The van der Waals surface area contributed by atoms with Gasteiger partial charge in [0, 0.05) is 16.5 Å². The number of rotatable bonds is 1. The van der Waals surface area contributed by atoms with E-state index in [0.29, 0.717) is 0 Å². The molecule has 0 saturated heterocycles. The summed E-state index contributed by atoms with van der Waals surface area (Å²) in [5.74, 6) is 0. The largest absolute Gasteiger partial charge is 0 e. The third-order valence-electron chi connectivity index (χ3n) is 0.149. The van der Waals surface area contributed by atoms with Crippen LogP contribution in [0.5, 0.6) is 0 Å². The summed E-state index contributed by atoms with van der Waals surface area (Å²) in [6.45, 7) is 0. The Kier molecular flexibility index (Phi) is 25.8. The first kappa shape index (κ1) is 16.2. The van der Waals surface area contributed by atoms with Crippen LogP contribution in [0.4, 0.5) is 0 Å². The van der Waals surface area contributed by atoms with Crippen molar-refractivity contribution in [1.29, 1.82) is 0 Å². The monoisotopic (exact) mass is 210 g/mol. The molecule has 0 aliphatic carbocycles. The molecular formula is H3BKNiO3V. The van der Waals surface area contributed by atoms with E-state index in [4.69, 9.17) is 0 Å². The summed E-state index contributed by atoms with van der Waals surface area (Å²) < 4.78 is 22.3. The average Bonchev–Trinajstić information content (AvgIpc) is 1.38. The van der Waals surface area contributed by atoms with Crippen LogP contribution in [0.1, 0.15) is 0 Å². The van der Waals surface area contributed by atoms with Gasteiger partial charge in [0.2, 0.25) is 0 Å². The molecule has 0 aromatic rings. The van der Waals surface area contributed by atoms with Crippen molar-refractivity contribution in [3.05, 3.63) is 0 Å². The maximum atomic E-state index is 9.26. The first-order valence-corrected chi connectivity index (χ1v) is 2.67. The third-order valence-corrected chi connectivity index (χ3v) is 0.615. The van der Waals surface area contributed by atoms with Gasteiger partial charge in [0.25, 0.3) is 0 Å². The Bertz CT molecular complexity index is 73.0. The second-order valence-corrected chi connectivity index (χ2v) is 1.67. The van der Waals surface area contributed by atoms with Gasteiger partial charge in [-0.25, -0.2) is 0 Å². The Balaban J connectivity index is -0.0000000800. The maximum absolute atomic E-state index is 9.26. The molecule has 0 unspecified atom stereocenters. The van der Waals surface area contributed by atoms with Crippen molar-refractivity contribution in [3.8, 4) is 0 Å². The zero-order valence-electron chi connectivity index (χ0n) is 2.99. The molecule has 7 heteroatoms. The van der Waals surface area contributed by atoms with Crippen LogP contribution in [0.15, 0.2) is 0 Å². The summed E-state index contributed by atoms with van der Waals surface area (Å²) in [6, 6.07) is 0. The zero-order chi connectivity index (χ0) is 4.28. The first-order valence-electron chi connectivity index (χ1n) is 0.956. The van der Waals surface area contributed by atoms with Crippen LogP contribution in [0.25, 0.3) is 0 Å². The Morgan fingerprint density at radius 1 is 1.43 bits per heavy atom. The summed E-state index contributed by atoms with van der Waals surface area (Å²) in [5.41, 5.74) is 0. The fourth-order valence-corrected chi connectivity index (χ4v) is 0. The molecule has 3 nitrogen and oxygen atoms in total. The minimum Gasteiger partial charge on any atom is 0 e. The second kappa shape index (κ2) is 11.2. The van der Waals surface area contributed by atoms with E-state index in [-0.39, 0.29) is 67.9 Å². The Labute approximate surface area is 100 Å². The van der Waals surface area contributed by atoms with Crippen molar-refractivity contribution >= 4 is 59.4 Å². The van der Waals surface area contributed by atoms with Crippen LogP contribution < -0.4 is 0 Å². The van der Waals surface area contributed by atoms with Crippen LogP contribution in [0, 0.1) is 0 Å². The summed E-state index contributed by atoms with van der Waals surface area (Å²) in [4.78, 5) is 0. The molecule has 0 aliphatic heterocycles. The van der Waals surface area contributed by atoms with Gasteiger partial charge in [0.15, 0.2) is 0 Å². The molecule has 0 N–H and O–H groups in total. The Morgan fingerprint density at radius 3 is 1.57 bits per heavy atom. The molecule has 7 heavy (non-hydrogen) atoms. The fourth-order valence-electron chi connectivity index (χ4n) is 0. The van der Waals surface area contributed by atoms with Crippen LogP contribution in [0.3, 0.4) is 0 Å². The topological polar surface area (TPSA) is 43.4 Å². The number of hydrogen-bond donors (Lipinski definition) is 0. The maximum Gasteiger partial charge on any atom is 0 e. The van der Waals surface area contributed by atoms with E-state index < -0.39 is 15.4 Å².